The van der Waals surface area contributed by atoms with Crippen LogP contribution >= 0.6 is 7.82 Å². The maximum Gasteiger partial charge on any atom is 0.472 e. The van der Waals surface area contributed by atoms with Gasteiger partial charge in [-0.25, -0.2) is 4.57 Å². The van der Waals surface area contributed by atoms with Gasteiger partial charge in [0.25, 0.3) is 0 Å². The normalized spacial score (nSPS) is 23.2. The number of aliphatic hydroxyl groups excluding tert-OH is 6. The van der Waals surface area contributed by atoms with E-state index in [2.05, 4.69) is 38.2 Å². The highest BCUT2D eigenvalue weighted by atomic mass is 31.2. The SMILES string of the molecule is CC/C=C\CC(O)/C=C/C=C/C/C=C\C/C=C\C/C=C\CCC(=O)O[C@H](COC(=O)CCCCCCC/C=C\CCCCCC)COP(=O)(O)OC1[C@H](O)[C@H](O)C(O)[C@H](O)[C@H]1O. The zero-order valence-corrected chi connectivity index (χ0v) is 37.9. The van der Waals surface area contributed by atoms with E-state index >= 15 is 0 Å². The second-order valence-electron chi connectivity index (χ2n) is 15.4. The van der Waals surface area contributed by atoms with E-state index in [1.54, 1.807) is 6.08 Å². The molecule has 1 rings (SSSR count). The molecule has 0 aromatic carbocycles. The summed E-state index contributed by atoms with van der Waals surface area (Å²) in [5, 5.41) is 59.9. The van der Waals surface area contributed by atoms with Crippen LogP contribution < -0.4 is 0 Å². The number of ether oxygens (including phenoxy) is 2. The number of phosphoric ester groups is 1. The molecule has 14 nitrogen and oxygen atoms in total. The molecule has 1 saturated carbocycles. The molecule has 15 heteroatoms. The number of carbonyl (C=O) groups is 2. The number of carbonyl (C=O) groups excluding carboxylic acids is 2. The van der Waals surface area contributed by atoms with Crippen molar-refractivity contribution in [3.05, 3.63) is 85.1 Å². The summed E-state index contributed by atoms with van der Waals surface area (Å²) in [7, 11) is -5.15. The Hall–Kier alpha value is -3.01. The first-order valence-corrected chi connectivity index (χ1v) is 24.0. The lowest BCUT2D eigenvalue weighted by Gasteiger charge is -2.41. The summed E-state index contributed by atoms with van der Waals surface area (Å²) in [6.45, 7) is 2.98. The molecule has 1 fully saturated rings. The van der Waals surface area contributed by atoms with Gasteiger partial charge in [0.05, 0.1) is 12.7 Å². The first kappa shape index (κ1) is 57.0. The minimum absolute atomic E-state index is 0.0500. The summed E-state index contributed by atoms with van der Waals surface area (Å²) in [6.07, 6.45) is 29.8. The van der Waals surface area contributed by atoms with Gasteiger partial charge in [0.1, 0.15) is 43.2 Å². The molecule has 0 heterocycles. The van der Waals surface area contributed by atoms with Crippen molar-refractivity contribution >= 4 is 19.8 Å². The minimum Gasteiger partial charge on any atom is -0.462 e. The fourth-order valence-electron chi connectivity index (χ4n) is 6.15. The van der Waals surface area contributed by atoms with Crippen molar-refractivity contribution in [1.82, 2.24) is 0 Å². The van der Waals surface area contributed by atoms with Crippen LogP contribution in [0.25, 0.3) is 0 Å². The van der Waals surface area contributed by atoms with E-state index in [-0.39, 0.29) is 12.8 Å². The van der Waals surface area contributed by atoms with Crippen molar-refractivity contribution in [1.29, 1.82) is 0 Å². The molecule has 0 bridgehead atoms. The molecule has 1 aliphatic carbocycles. The van der Waals surface area contributed by atoms with E-state index < -0.39 is 81.8 Å². The number of hydrogen-bond acceptors (Lipinski definition) is 13. The van der Waals surface area contributed by atoms with Crippen molar-refractivity contribution in [3.8, 4) is 0 Å². The molecule has 0 spiro atoms. The van der Waals surface area contributed by atoms with Crippen LogP contribution in [-0.4, -0.2) is 110 Å². The van der Waals surface area contributed by atoms with Crippen LogP contribution in [0.2, 0.25) is 0 Å². The van der Waals surface area contributed by atoms with E-state index in [0.29, 0.717) is 25.7 Å². The third kappa shape index (κ3) is 28.6. The third-order valence-corrected chi connectivity index (χ3v) is 10.8. The van der Waals surface area contributed by atoms with Gasteiger partial charge in [-0.3, -0.25) is 18.6 Å². The number of rotatable bonds is 35. The Morgan fingerprint density at radius 2 is 1.15 bits per heavy atom. The molecule has 4 unspecified atom stereocenters. The lowest BCUT2D eigenvalue weighted by Crippen LogP contribution is -2.64. The van der Waals surface area contributed by atoms with Crippen LogP contribution in [0.3, 0.4) is 0 Å². The minimum atomic E-state index is -5.15. The molecule has 62 heavy (non-hydrogen) atoms. The van der Waals surface area contributed by atoms with Gasteiger partial charge >= 0.3 is 19.8 Å². The summed E-state index contributed by atoms with van der Waals surface area (Å²) in [6, 6.07) is 0. The standard InChI is InChI=1S/C47H77O14P/c1-3-5-7-8-9-10-11-13-17-20-23-26-30-34-40(49)58-36-39(37-59-62(56,57)61-47-45(54)43(52)42(51)44(53)46(47)55)60-41(50)35-31-27-24-21-18-15-12-14-16-19-22-25-29-33-38(48)32-28-6-4-2/h6,10-11,14-16,18,22,24-25,27-29,33,38-39,42-48,51-55H,3-5,7-9,12-13,17,19-21,23,26,30-32,34-37H2,1-2H3,(H,56,57)/b11-10-,16-14-,18-15-,25-22+,27-24-,28-6-,33-29+/t38?,39-,42?,43-,44+,45-,46-,47?/m1/s1. The predicted molar refractivity (Wildman–Crippen MR) is 241 cm³/mol. The number of allylic oxidation sites excluding steroid dienone is 12. The second kappa shape index (κ2) is 36.3. The Labute approximate surface area is 370 Å². The van der Waals surface area contributed by atoms with E-state index in [0.717, 1.165) is 57.8 Å². The first-order valence-electron chi connectivity index (χ1n) is 22.5. The van der Waals surface area contributed by atoms with Crippen molar-refractivity contribution in [3.63, 3.8) is 0 Å². The van der Waals surface area contributed by atoms with Gasteiger partial charge in [0.15, 0.2) is 6.10 Å². The monoisotopic (exact) mass is 897 g/mol. The zero-order valence-electron chi connectivity index (χ0n) is 37.0. The molecule has 354 valence electrons. The Kier molecular flexibility index (Phi) is 33.4. The molecular formula is C47H77O14P. The molecule has 0 radical (unpaired) electrons. The van der Waals surface area contributed by atoms with Crippen LogP contribution in [0.15, 0.2) is 85.1 Å². The average molecular weight is 897 g/mol. The molecule has 0 aromatic heterocycles. The Morgan fingerprint density at radius 1 is 0.597 bits per heavy atom. The molecule has 0 aromatic rings. The highest BCUT2D eigenvalue weighted by molar-refractivity contribution is 7.47. The topological polar surface area (TPSA) is 230 Å². The lowest BCUT2D eigenvalue weighted by molar-refractivity contribution is -0.220. The summed E-state index contributed by atoms with van der Waals surface area (Å²) in [4.78, 5) is 35.6. The summed E-state index contributed by atoms with van der Waals surface area (Å²) >= 11 is 0. The maximum absolute atomic E-state index is 12.8. The van der Waals surface area contributed by atoms with Crippen molar-refractivity contribution in [2.75, 3.05) is 13.2 Å². The van der Waals surface area contributed by atoms with E-state index in [9.17, 15) is 49.7 Å². The molecule has 0 saturated heterocycles. The highest BCUT2D eigenvalue weighted by Crippen LogP contribution is 2.47. The second-order valence-corrected chi connectivity index (χ2v) is 16.8. The van der Waals surface area contributed by atoms with E-state index in [1.807, 2.05) is 54.7 Å². The number of aliphatic hydroxyl groups is 6. The summed E-state index contributed by atoms with van der Waals surface area (Å²) in [5.74, 6) is -1.24. The smallest absolute Gasteiger partial charge is 0.462 e. The average Bonchev–Trinajstić information content (AvgIpc) is 3.25. The van der Waals surface area contributed by atoms with Gasteiger partial charge in [-0.1, -0.05) is 137 Å². The Balaban J connectivity index is 2.56. The van der Waals surface area contributed by atoms with Gasteiger partial charge in [0.2, 0.25) is 0 Å². The Morgan fingerprint density at radius 3 is 1.77 bits per heavy atom. The van der Waals surface area contributed by atoms with Crippen LogP contribution in [0.5, 0.6) is 0 Å². The largest absolute Gasteiger partial charge is 0.472 e. The number of unbranched alkanes of at least 4 members (excludes halogenated alkanes) is 9. The molecule has 7 N–H and O–H groups in total. The maximum atomic E-state index is 12.8. The summed E-state index contributed by atoms with van der Waals surface area (Å²) in [5.41, 5.74) is 0. The third-order valence-electron chi connectivity index (χ3n) is 9.81. The highest BCUT2D eigenvalue weighted by Gasteiger charge is 2.51. The van der Waals surface area contributed by atoms with Gasteiger partial charge in [0, 0.05) is 12.8 Å². The number of phosphoric acid groups is 1. The van der Waals surface area contributed by atoms with E-state index in [4.69, 9.17) is 18.5 Å². The molecule has 9 atom stereocenters. The molecular weight excluding hydrogens is 819 g/mol. The predicted octanol–water partition coefficient (Wildman–Crippen LogP) is 7.47. The van der Waals surface area contributed by atoms with Crippen LogP contribution in [0.4, 0.5) is 0 Å². The van der Waals surface area contributed by atoms with Gasteiger partial charge in [-0.05, 0) is 70.6 Å². The fraction of sp³-hybridized carbons (Fsp3) is 0.660. The van der Waals surface area contributed by atoms with Crippen molar-refractivity contribution < 1.29 is 68.2 Å². The zero-order chi connectivity index (χ0) is 45.9. The number of esters is 2. The number of hydrogen-bond donors (Lipinski definition) is 7. The van der Waals surface area contributed by atoms with Gasteiger partial charge < -0.3 is 45.0 Å². The van der Waals surface area contributed by atoms with Gasteiger partial charge in [-0.2, -0.15) is 0 Å². The lowest BCUT2D eigenvalue weighted by atomic mass is 9.85. The quantitative estimate of drug-likeness (QED) is 0.0108. The summed E-state index contributed by atoms with van der Waals surface area (Å²) < 4.78 is 33.4. The first-order chi connectivity index (χ1) is 29.8. The van der Waals surface area contributed by atoms with Crippen molar-refractivity contribution in [2.45, 2.75) is 185 Å². The Bertz CT molecular complexity index is 1420. The molecule has 0 aliphatic heterocycles. The van der Waals surface area contributed by atoms with E-state index in [1.165, 1.54) is 25.7 Å². The fourth-order valence-corrected chi connectivity index (χ4v) is 7.13. The van der Waals surface area contributed by atoms with Crippen molar-refractivity contribution in [2.24, 2.45) is 0 Å². The van der Waals surface area contributed by atoms with Crippen LogP contribution in [-0.2, 0) is 32.7 Å². The van der Waals surface area contributed by atoms with Gasteiger partial charge in [-0.15, -0.1) is 0 Å². The van der Waals surface area contributed by atoms with Crippen LogP contribution in [0, 0.1) is 0 Å². The van der Waals surface area contributed by atoms with Crippen LogP contribution in [0.1, 0.15) is 136 Å². The molecule has 0 amide bonds. The molecule has 1 aliphatic rings.